The van der Waals surface area contributed by atoms with Gasteiger partial charge in [0.15, 0.2) is 0 Å². The van der Waals surface area contributed by atoms with Crippen molar-refractivity contribution in [2.45, 2.75) is 6.04 Å². The number of benzene rings is 2. The van der Waals surface area contributed by atoms with Crippen LogP contribution < -0.4 is 0 Å². The summed E-state index contributed by atoms with van der Waals surface area (Å²) in [5.41, 5.74) is 2.86. The molecular formula is C21H22N2O2S2. The number of rotatable bonds is 3. The van der Waals surface area contributed by atoms with Crippen LogP contribution in [0.3, 0.4) is 0 Å². The topological polar surface area (TPSA) is 40.6 Å². The molecule has 2 amide bonds. The largest absolute Gasteiger partial charge is 0.339 e. The smallest absolute Gasteiger partial charge is 0.255 e. The summed E-state index contributed by atoms with van der Waals surface area (Å²) in [5.74, 6) is 3.30. The lowest BCUT2D eigenvalue weighted by Gasteiger charge is -2.32. The Hall–Kier alpha value is -1.92. The molecule has 2 aliphatic heterocycles. The highest BCUT2D eigenvalue weighted by Gasteiger charge is 2.37. The minimum absolute atomic E-state index is 0.0515. The van der Waals surface area contributed by atoms with Gasteiger partial charge < -0.3 is 9.80 Å². The number of amides is 2. The Labute approximate surface area is 168 Å². The van der Waals surface area contributed by atoms with Crippen molar-refractivity contribution in [3.8, 4) is 11.1 Å². The van der Waals surface area contributed by atoms with Gasteiger partial charge in [0.25, 0.3) is 5.91 Å². The summed E-state index contributed by atoms with van der Waals surface area (Å²) < 4.78 is 0. The first-order valence-corrected chi connectivity index (χ1v) is 11.5. The summed E-state index contributed by atoms with van der Waals surface area (Å²) in [6.45, 7) is 1.58. The third-order valence-electron chi connectivity index (χ3n) is 4.99. The van der Waals surface area contributed by atoms with Crippen LogP contribution in [0.2, 0.25) is 0 Å². The van der Waals surface area contributed by atoms with E-state index in [4.69, 9.17) is 0 Å². The van der Waals surface area contributed by atoms with E-state index in [0.717, 1.165) is 35.7 Å². The third-order valence-corrected chi connectivity index (χ3v) is 6.94. The van der Waals surface area contributed by atoms with Crippen LogP contribution in [0.1, 0.15) is 10.4 Å². The molecular weight excluding hydrogens is 376 g/mol. The van der Waals surface area contributed by atoms with E-state index in [0.29, 0.717) is 17.2 Å². The van der Waals surface area contributed by atoms with Gasteiger partial charge in [0.05, 0.1) is 5.88 Å². The molecule has 6 heteroatoms. The Kier molecular flexibility index (Phi) is 5.74. The lowest BCUT2D eigenvalue weighted by Crippen LogP contribution is -2.51. The number of hydrogen-bond acceptors (Lipinski definition) is 4. The van der Waals surface area contributed by atoms with Crippen LogP contribution in [-0.2, 0) is 4.79 Å². The van der Waals surface area contributed by atoms with Crippen molar-refractivity contribution in [3.63, 3.8) is 0 Å². The van der Waals surface area contributed by atoms with Crippen LogP contribution >= 0.6 is 23.5 Å². The number of thioether (sulfide) groups is 2. The highest BCUT2D eigenvalue weighted by Crippen LogP contribution is 2.26. The number of hydrogen-bond donors (Lipinski definition) is 0. The molecule has 2 saturated heterocycles. The molecule has 1 unspecified atom stereocenters. The van der Waals surface area contributed by atoms with Gasteiger partial charge in [-0.1, -0.05) is 42.5 Å². The van der Waals surface area contributed by atoms with E-state index in [1.165, 1.54) is 0 Å². The Bertz CT molecular complexity index is 805. The number of carbonyl (C=O) groups excluding carboxylic acids is 2. The van der Waals surface area contributed by atoms with Crippen molar-refractivity contribution in [1.29, 1.82) is 0 Å². The SMILES string of the molecule is O=C(C1CSCN1C(=O)c1ccc(-c2ccccc2)cc1)N1CCSCC1. The average Bonchev–Trinajstić information content (AvgIpc) is 3.24. The molecule has 0 radical (unpaired) electrons. The quantitative estimate of drug-likeness (QED) is 0.794. The molecule has 2 fully saturated rings. The van der Waals surface area contributed by atoms with Crippen LogP contribution in [0.4, 0.5) is 0 Å². The second-order valence-corrected chi connectivity index (χ2v) is 8.90. The second-order valence-electron chi connectivity index (χ2n) is 6.67. The molecule has 2 aromatic rings. The molecule has 1 atom stereocenters. The van der Waals surface area contributed by atoms with Crippen molar-refractivity contribution in [2.75, 3.05) is 36.2 Å². The molecule has 2 heterocycles. The van der Waals surface area contributed by atoms with Gasteiger partial charge in [-0.15, -0.1) is 11.8 Å². The molecule has 0 spiro atoms. The van der Waals surface area contributed by atoms with Crippen molar-refractivity contribution < 1.29 is 9.59 Å². The third kappa shape index (κ3) is 4.01. The lowest BCUT2D eigenvalue weighted by molar-refractivity contribution is -0.134. The molecule has 2 aliphatic rings. The Morgan fingerprint density at radius 2 is 1.52 bits per heavy atom. The van der Waals surface area contributed by atoms with Gasteiger partial charge in [0.2, 0.25) is 5.91 Å². The summed E-state index contributed by atoms with van der Waals surface area (Å²) in [6, 6.07) is 17.5. The van der Waals surface area contributed by atoms with Crippen molar-refractivity contribution in [1.82, 2.24) is 9.80 Å². The maximum Gasteiger partial charge on any atom is 0.255 e. The summed E-state index contributed by atoms with van der Waals surface area (Å²) in [7, 11) is 0. The van der Waals surface area contributed by atoms with Gasteiger partial charge >= 0.3 is 0 Å². The zero-order valence-corrected chi connectivity index (χ0v) is 16.7. The molecule has 27 heavy (non-hydrogen) atoms. The molecule has 4 nitrogen and oxygen atoms in total. The van der Waals surface area contributed by atoms with Crippen molar-refractivity contribution in [3.05, 3.63) is 60.2 Å². The van der Waals surface area contributed by atoms with Gasteiger partial charge in [0.1, 0.15) is 6.04 Å². The molecule has 0 bridgehead atoms. The van der Waals surface area contributed by atoms with Crippen molar-refractivity contribution in [2.24, 2.45) is 0 Å². The monoisotopic (exact) mass is 398 g/mol. The minimum Gasteiger partial charge on any atom is -0.339 e. The Morgan fingerprint density at radius 1 is 0.852 bits per heavy atom. The molecule has 140 valence electrons. The average molecular weight is 399 g/mol. The fourth-order valence-electron chi connectivity index (χ4n) is 3.44. The Balaban J connectivity index is 1.48. The zero-order chi connectivity index (χ0) is 18.6. The van der Waals surface area contributed by atoms with Gasteiger partial charge in [-0.3, -0.25) is 9.59 Å². The minimum atomic E-state index is -0.334. The van der Waals surface area contributed by atoms with E-state index in [9.17, 15) is 9.59 Å². The standard InChI is InChI=1S/C21H22N2O2S2/c24-20(18-8-6-17(7-9-18)16-4-2-1-3-5-16)23-15-27-14-19(23)21(25)22-10-12-26-13-11-22/h1-9,19H,10-15H2. The van der Waals surface area contributed by atoms with Crippen LogP contribution in [0.5, 0.6) is 0 Å². The summed E-state index contributed by atoms with van der Waals surface area (Å²) in [5, 5.41) is 0. The zero-order valence-electron chi connectivity index (χ0n) is 15.0. The van der Waals surface area contributed by atoms with Gasteiger partial charge in [0, 0.05) is 35.9 Å². The fourth-order valence-corrected chi connectivity index (χ4v) is 5.49. The molecule has 0 aliphatic carbocycles. The van der Waals surface area contributed by atoms with E-state index in [-0.39, 0.29) is 17.9 Å². The second kappa shape index (κ2) is 8.40. The predicted octanol–water partition coefficient (Wildman–Crippen LogP) is 3.44. The van der Waals surface area contributed by atoms with E-state index in [2.05, 4.69) is 12.1 Å². The van der Waals surface area contributed by atoms with Crippen LogP contribution in [0.25, 0.3) is 11.1 Å². The van der Waals surface area contributed by atoms with Gasteiger partial charge in [-0.25, -0.2) is 0 Å². The van der Waals surface area contributed by atoms with Gasteiger partial charge in [-0.05, 0) is 23.3 Å². The van der Waals surface area contributed by atoms with Gasteiger partial charge in [-0.2, -0.15) is 11.8 Å². The van der Waals surface area contributed by atoms with Crippen molar-refractivity contribution >= 4 is 35.3 Å². The number of carbonyl (C=O) groups is 2. The fraction of sp³-hybridized carbons (Fsp3) is 0.333. The van der Waals surface area contributed by atoms with E-state index < -0.39 is 0 Å². The summed E-state index contributed by atoms with van der Waals surface area (Å²) >= 11 is 3.54. The molecule has 4 rings (SSSR count). The summed E-state index contributed by atoms with van der Waals surface area (Å²) in [6.07, 6.45) is 0. The highest BCUT2D eigenvalue weighted by atomic mass is 32.2. The van der Waals surface area contributed by atoms with E-state index in [1.54, 1.807) is 16.7 Å². The maximum absolute atomic E-state index is 13.0. The first kappa shape index (κ1) is 18.4. The normalized spacial score (nSPS) is 19.9. The molecule has 0 N–H and O–H groups in total. The maximum atomic E-state index is 13.0. The summed E-state index contributed by atoms with van der Waals surface area (Å²) in [4.78, 5) is 29.6. The Morgan fingerprint density at radius 3 is 2.22 bits per heavy atom. The number of nitrogens with zero attached hydrogens (tertiary/aromatic N) is 2. The first-order chi connectivity index (χ1) is 13.2. The van der Waals surface area contributed by atoms with E-state index >= 15 is 0 Å². The lowest BCUT2D eigenvalue weighted by atomic mass is 10.0. The van der Waals surface area contributed by atoms with E-state index in [1.807, 2.05) is 59.1 Å². The molecule has 0 aromatic heterocycles. The van der Waals surface area contributed by atoms with Crippen LogP contribution in [-0.4, -0.2) is 63.9 Å². The molecule has 2 aromatic carbocycles. The molecule has 0 saturated carbocycles. The predicted molar refractivity (Wildman–Crippen MR) is 113 cm³/mol. The highest BCUT2D eigenvalue weighted by molar-refractivity contribution is 7.99. The van der Waals surface area contributed by atoms with Crippen LogP contribution in [0.15, 0.2) is 54.6 Å². The first-order valence-electron chi connectivity index (χ1n) is 9.15. The van der Waals surface area contributed by atoms with Crippen LogP contribution in [0, 0.1) is 0 Å².